The lowest BCUT2D eigenvalue weighted by molar-refractivity contribution is 0.414. The van der Waals surface area contributed by atoms with Crippen LogP contribution in [0.2, 0.25) is 0 Å². The molecule has 0 saturated heterocycles. The lowest BCUT2D eigenvalue weighted by Gasteiger charge is -2.19. The summed E-state index contributed by atoms with van der Waals surface area (Å²) < 4.78 is 5.20. The van der Waals surface area contributed by atoms with Gasteiger partial charge in [-0.25, -0.2) is 0 Å². The van der Waals surface area contributed by atoms with Crippen LogP contribution >= 0.6 is 0 Å². The maximum atomic E-state index is 5.20. The molecule has 1 aromatic carbocycles. The second-order valence-electron chi connectivity index (χ2n) is 4.22. The summed E-state index contributed by atoms with van der Waals surface area (Å²) in [6.45, 7) is 6.57. The van der Waals surface area contributed by atoms with E-state index in [1.807, 2.05) is 6.07 Å². The summed E-state index contributed by atoms with van der Waals surface area (Å²) in [5.41, 5.74) is 2.47. The Morgan fingerprint density at radius 3 is 2.56 bits per heavy atom. The highest BCUT2D eigenvalue weighted by atomic mass is 16.5. The lowest BCUT2D eigenvalue weighted by Crippen LogP contribution is -2.18. The van der Waals surface area contributed by atoms with E-state index in [1.165, 1.54) is 30.5 Å². The standard InChI is InChI=1S/C14H23NO/c1-5-7-12(6-2)15-14-9-8-13(16-4)10-11(14)3/h8-10,12,15H,5-7H2,1-4H3. The predicted octanol–water partition coefficient (Wildman–Crippen LogP) is 3.99. The topological polar surface area (TPSA) is 21.3 Å². The van der Waals surface area contributed by atoms with Gasteiger partial charge in [-0.05, 0) is 43.5 Å². The molecule has 1 unspecified atom stereocenters. The van der Waals surface area contributed by atoms with Crippen LogP contribution in [0.4, 0.5) is 5.69 Å². The van der Waals surface area contributed by atoms with Gasteiger partial charge in [-0.1, -0.05) is 20.3 Å². The van der Waals surface area contributed by atoms with Gasteiger partial charge in [0.2, 0.25) is 0 Å². The molecule has 0 heterocycles. The van der Waals surface area contributed by atoms with Crippen molar-refractivity contribution in [1.29, 1.82) is 0 Å². The first-order chi connectivity index (χ1) is 7.71. The molecular weight excluding hydrogens is 198 g/mol. The summed E-state index contributed by atoms with van der Waals surface area (Å²) in [4.78, 5) is 0. The summed E-state index contributed by atoms with van der Waals surface area (Å²) in [6, 6.07) is 6.76. The van der Waals surface area contributed by atoms with E-state index in [0.717, 1.165) is 5.75 Å². The minimum absolute atomic E-state index is 0.581. The number of methoxy groups -OCH3 is 1. The van der Waals surface area contributed by atoms with Crippen molar-refractivity contribution in [3.63, 3.8) is 0 Å². The summed E-state index contributed by atoms with van der Waals surface area (Å²) in [7, 11) is 1.70. The first kappa shape index (κ1) is 12.9. The zero-order valence-electron chi connectivity index (χ0n) is 10.8. The van der Waals surface area contributed by atoms with Crippen molar-refractivity contribution in [2.45, 2.75) is 46.1 Å². The Labute approximate surface area is 99.0 Å². The second kappa shape index (κ2) is 6.41. The van der Waals surface area contributed by atoms with Crippen molar-refractivity contribution in [2.75, 3.05) is 12.4 Å². The maximum absolute atomic E-state index is 5.20. The fraction of sp³-hybridized carbons (Fsp3) is 0.571. The van der Waals surface area contributed by atoms with Gasteiger partial charge in [0.1, 0.15) is 5.75 Å². The van der Waals surface area contributed by atoms with E-state index in [-0.39, 0.29) is 0 Å². The van der Waals surface area contributed by atoms with Crippen LogP contribution in [0.15, 0.2) is 18.2 Å². The molecule has 0 radical (unpaired) electrons. The highest BCUT2D eigenvalue weighted by Gasteiger charge is 2.06. The lowest BCUT2D eigenvalue weighted by atomic mass is 10.1. The van der Waals surface area contributed by atoms with E-state index in [1.54, 1.807) is 7.11 Å². The van der Waals surface area contributed by atoms with Crippen molar-refractivity contribution in [1.82, 2.24) is 0 Å². The zero-order chi connectivity index (χ0) is 12.0. The minimum atomic E-state index is 0.581. The predicted molar refractivity (Wildman–Crippen MR) is 70.3 cm³/mol. The van der Waals surface area contributed by atoms with Crippen LogP contribution in [0.3, 0.4) is 0 Å². The Morgan fingerprint density at radius 1 is 1.31 bits per heavy atom. The van der Waals surface area contributed by atoms with Gasteiger partial charge in [0.25, 0.3) is 0 Å². The van der Waals surface area contributed by atoms with E-state index < -0.39 is 0 Å². The Kier molecular flexibility index (Phi) is 5.17. The van der Waals surface area contributed by atoms with Crippen molar-refractivity contribution in [3.8, 4) is 5.75 Å². The van der Waals surface area contributed by atoms with Gasteiger partial charge in [0.05, 0.1) is 7.11 Å². The molecule has 0 bridgehead atoms. The van der Waals surface area contributed by atoms with Crippen LogP contribution in [-0.2, 0) is 0 Å². The second-order valence-corrected chi connectivity index (χ2v) is 4.22. The summed E-state index contributed by atoms with van der Waals surface area (Å²) in [5, 5.41) is 3.59. The smallest absolute Gasteiger partial charge is 0.119 e. The molecule has 0 fully saturated rings. The Balaban J connectivity index is 2.72. The first-order valence-corrected chi connectivity index (χ1v) is 6.12. The fourth-order valence-electron chi connectivity index (χ4n) is 1.87. The number of aryl methyl sites for hydroxylation is 1. The van der Waals surface area contributed by atoms with E-state index >= 15 is 0 Å². The third kappa shape index (κ3) is 3.44. The van der Waals surface area contributed by atoms with Gasteiger partial charge in [-0.3, -0.25) is 0 Å². The normalized spacial score (nSPS) is 12.2. The molecule has 2 nitrogen and oxygen atoms in total. The molecule has 16 heavy (non-hydrogen) atoms. The van der Waals surface area contributed by atoms with E-state index in [9.17, 15) is 0 Å². The molecule has 0 spiro atoms. The third-order valence-electron chi connectivity index (χ3n) is 2.92. The Morgan fingerprint density at radius 2 is 2.06 bits per heavy atom. The molecule has 0 aliphatic carbocycles. The Bertz CT molecular complexity index is 323. The van der Waals surface area contributed by atoms with Crippen LogP contribution in [0, 0.1) is 6.92 Å². The monoisotopic (exact) mass is 221 g/mol. The highest BCUT2D eigenvalue weighted by molar-refractivity contribution is 5.54. The number of rotatable bonds is 6. The number of hydrogen-bond acceptors (Lipinski definition) is 2. The average Bonchev–Trinajstić information content (AvgIpc) is 2.30. The molecule has 1 rings (SSSR count). The number of anilines is 1. The number of ether oxygens (including phenoxy) is 1. The van der Waals surface area contributed by atoms with Gasteiger partial charge in [0, 0.05) is 11.7 Å². The molecule has 0 aliphatic rings. The number of hydrogen-bond donors (Lipinski definition) is 1. The van der Waals surface area contributed by atoms with E-state index in [4.69, 9.17) is 4.74 Å². The molecule has 1 aromatic rings. The third-order valence-corrected chi connectivity index (χ3v) is 2.92. The van der Waals surface area contributed by atoms with Crippen molar-refractivity contribution >= 4 is 5.69 Å². The molecule has 2 heteroatoms. The molecule has 90 valence electrons. The molecule has 0 saturated carbocycles. The van der Waals surface area contributed by atoms with E-state index in [2.05, 4.69) is 38.2 Å². The quantitative estimate of drug-likeness (QED) is 0.784. The van der Waals surface area contributed by atoms with Crippen molar-refractivity contribution in [3.05, 3.63) is 23.8 Å². The van der Waals surface area contributed by atoms with Gasteiger partial charge in [-0.2, -0.15) is 0 Å². The highest BCUT2D eigenvalue weighted by Crippen LogP contribution is 2.22. The van der Waals surface area contributed by atoms with Gasteiger partial charge >= 0.3 is 0 Å². The Hall–Kier alpha value is -1.18. The molecular formula is C14H23NO. The summed E-state index contributed by atoms with van der Waals surface area (Å²) in [6.07, 6.45) is 3.61. The number of nitrogens with one attached hydrogen (secondary N) is 1. The molecule has 1 atom stereocenters. The fourth-order valence-corrected chi connectivity index (χ4v) is 1.87. The molecule has 0 aliphatic heterocycles. The molecule has 1 N–H and O–H groups in total. The zero-order valence-corrected chi connectivity index (χ0v) is 10.8. The number of benzene rings is 1. The summed E-state index contributed by atoms with van der Waals surface area (Å²) >= 11 is 0. The van der Waals surface area contributed by atoms with Crippen LogP contribution in [-0.4, -0.2) is 13.2 Å². The largest absolute Gasteiger partial charge is 0.497 e. The van der Waals surface area contributed by atoms with Gasteiger partial charge in [0.15, 0.2) is 0 Å². The average molecular weight is 221 g/mol. The van der Waals surface area contributed by atoms with Crippen LogP contribution in [0.25, 0.3) is 0 Å². The van der Waals surface area contributed by atoms with Crippen LogP contribution < -0.4 is 10.1 Å². The van der Waals surface area contributed by atoms with Gasteiger partial charge < -0.3 is 10.1 Å². The van der Waals surface area contributed by atoms with E-state index in [0.29, 0.717) is 6.04 Å². The molecule has 0 amide bonds. The van der Waals surface area contributed by atoms with Crippen molar-refractivity contribution in [2.24, 2.45) is 0 Å². The first-order valence-electron chi connectivity index (χ1n) is 6.12. The molecule has 0 aromatic heterocycles. The van der Waals surface area contributed by atoms with Gasteiger partial charge in [-0.15, -0.1) is 0 Å². The van der Waals surface area contributed by atoms with Crippen LogP contribution in [0.1, 0.15) is 38.7 Å². The maximum Gasteiger partial charge on any atom is 0.119 e. The summed E-state index contributed by atoms with van der Waals surface area (Å²) in [5.74, 6) is 0.923. The minimum Gasteiger partial charge on any atom is -0.497 e. The SMILES string of the molecule is CCCC(CC)Nc1ccc(OC)cc1C. The van der Waals surface area contributed by atoms with Crippen LogP contribution in [0.5, 0.6) is 5.75 Å². The van der Waals surface area contributed by atoms with Crippen molar-refractivity contribution < 1.29 is 4.74 Å².